The Hall–Kier alpha value is -3.02. The lowest BCUT2D eigenvalue weighted by atomic mass is 10.1. The average molecular weight is 399 g/mol. The highest BCUT2D eigenvalue weighted by Gasteiger charge is 2.39. The maximum Gasteiger partial charge on any atom is 0.420 e. The van der Waals surface area contributed by atoms with Crippen molar-refractivity contribution in [1.29, 1.82) is 0 Å². The van der Waals surface area contributed by atoms with Crippen molar-refractivity contribution in [3.05, 3.63) is 39.8 Å². The zero-order valence-electron chi connectivity index (χ0n) is 14.7. The highest BCUT2D eigenvalue weighted by Crippen LogP contribution is 2.41. The van der Waals surface area contributed by atoms with E-state index in [0.717, 1.165) is 0 Å². The molecule has 1 aliphatic rings. The zero-order chi connectivity index (χ0) is 20.5. The number of halogens is 3. The minimum absolute atomic E-state index is 0.189. The normalized spacial score (nSPS) is 19.2. The van der Waals surface area contributed by atoms with Crippen molar-refractivity contribution in [2.24, 2.45) is 0 Å². The molecule has 1 aliphatic heterocycles. The lowest BCUT2D eigenvalue weighted by Crippen LogP contribution is -2.24. The number of hydrogen-bond donors (Lipinski definition) is 1. The van der Waals surface area contributed by atoms with Crippen LogP contribution in [0.1, 0.15) is 36.8 Å². The first-order valence-corrected chi connectivity index (χ1v) is 8.33. The van der Waals surface area contributed by atoms with Crippen LogP contribution in [0, 0.1) is 10.1 Å². The third-order valence-electron chi connectivity index (χ3n) is 4.18. The molecule has 0 radical (unpaired) electrons. The Balaban J connectivity index is 2.24. The van der Waals surface area contributed by atoms with Gasteiger partial charge in [0.2, 0.25) is 11.6 Å². The van der Waals surface area contributed by atoms with E-state index in [1.807, 2.05) is 0 Å². The van der Waals surface area contributed by atoms with Gasteiger partial charge >= 0.3 is 11.9 Å². The number of hydrogen-bond acceptors (Lipinski definition) is 8. The molecule has 0 aromatic carbocycles. The maximum absolute atomic E-state index is 13.5. The zero-order valence-corrected chi connectivity index (χ0v) is 14.7. The molecule has 3 heterocycles. The number of allylic oxidation sites excluding steroid dienone is 1. The van der Waals surface area contributed by atoms with E-state index in [0.29, 0.717) is 18.9 Å². The second kappa shape index (κ2) is 7.54. The van der Waals surface area contributed by atoms with Gasteiger partial charge in [0, 0.05) is 19.7 Å². The molecule has 9 nitrogen and oxygen atoms in total. The fraction of sp³-hybridized carbons (Fsp3) is 0.438. The van der Waals surface area contributed by atoms with Gasteiger partial charge in [0.1, 0.15) is 17.5 Å². The van der Waals surface area contributed by atoms with Crippen molar-refractivity contribution in [1.82, 2.24) is 15.2 Å². The van der Waals surface area contributed by atoms with Crippen LogP contribution in [-0.4, -0.2) is 38.8 Å². The second-order valence-electron chi connectivity index (χ2n) is 6.20. The summed E-state index contributed by atoms with van der Waals surface area (Å²) in [7, 11) is 1.41. The summed E-state index contributed by atoms with van der Waals surface area (Å²) in [5.41, 5.74) is -2.64. The molecule has 0 fully saturated rings. The SMILES string of the molecule is CN1CC/C=C\CCC(O)c2nnc(o2)-c2nc1c(C(F)(F)F)cc2[N+](=O)[O-]. The average Bonchev–Trinajstić information content (AvgIpc) is 3.11. The Morgan fingerprint density at radius 1 is 1.32 bits per heavy atom. The van der Waals surface area contributed by atoms with E-state index >= 15 is 0 Å². The summed E-state index contributed by atoms with van der Waals surface area (Å²) in [6, 6.07) is 0.413. The number of anilines is 1. The number of alkyl halides is 3. The van der Waals surface area contributed by atoms with Crippen LogP contribution in [0.2, 0.25) is 0 Å². The smallest absolute Gasteiger partial charge is 0.416 e. The quantitative estimate of drug-likeness (QED) is 0.441. The fourth-order valence-electron chi connectivity index (χ4n) is 2.74. The molecule has 150 valence electrons. The van der Waals surface area contributed by atoms with Gasteiger partial charge in [0.05, 0.1) is 4.92 Å². The predicted octanol–water partition coefficient (Wildman–Crippen LogP) is 3.27. The number of pyridine rings is 1. The molecule has 3 rings (SSSR count). The van der Waals surface area contributed by atoms with Crippen LogP contribution in [-0.2, 0) is 6.18 Å². The molecule has 0 spiro atoms. The van der Waals surface area contributed by atoms with Gasteiger partial charge in [-0.05, 0) is 19.3 Å². The van der Waals surface area contributed by atoms with Gasteiger partial charge in [-0.1, -0.05) is 12.2 Å². The molecule has 1 atom stereocenters. The summed E-state index contributed by atoms with van der Waals surface area (Å²) < 4.78 is 45.8. The van der Waals surface area contributed by atoms with E-state index in [2.05, 4.69) is 15.2 Å². The van der Waals surface area contributed by atoms with Crippen LogP contribution >= 0.6 is 0 Å². The van der Waals surface area contributed by atoms with Crippen LogP contribution in [0.3, 0.4) is 0 Å². The third-order valence-corrected chi connectivity index (χ3v) is 4.18. The minimum Gasteiger partial charge on any atom is -0.416 e. The number of aliphatic hydroxyl groups is 1. The molecule has 0 amide bonds. The van der Waals surface area contributed by atoms with Crippen molar-refractivity contribution in [3.8, 4) is 11.6 Å². The standard InChI is InChI=1S/C16H16F3N5O4/c1-23-7-5-3-2-4-6-11(25)14-21-22-15(28-14)12-10(24(26)27)8-9(13(23)20-12)16(17,18)19/h2-3,8,11,25H,4-7H2,1H3/b3-2-. The van der Waals surface area contributed by atoms with Crippen LogP contribution in [0.15, 0.2) is 22.6 Å². The first-order valence-electron chi connectivity index (χ1n) is 8.33. The molecular weight excluding hydrogens is 383 g/mol. The first-order chi connectivity index (χ1) is 13.2. The number of fused-ring (bicyclic) bond motifs is 5. The Labute approximate surface area is 156 Å². The summed E-state index contributed by atoms with van der Waals surface area (Å²) in [4.78, 5) is 15.5. The van der Waals surface area contributed by atoms with Gasteiger partial charge in [-0.2, -0.15) is 13.2 Å². The molecule has 4 bridgehead atoms. The summed E-state index contributed by atoms with van der Waals surface area (Å²) in [5, 5.41) is 28.7. The number of nitro groups is 1. The van der Waals surface area contributed by atoms with E-state index in [1.165, 1.54) is 11.9 Å². The molecule has 0 saturated carbocycles. The van der Waals surface area contributed by atoms with Gasteiger partial charge in [0.15, 0.2) is 0 Å². The second-order valence-corrected chi connectivity index (χ2v) is 6.20. The van der Waals surface area contributed by atoms with Gasteiger partial charge in [0.25, 0.3) is 5.89 Å². The predicted molar refractivity (Wildman–Crippen MR) is 90.4 cm³/mol. The van der Waals surface area contributed by atoms with Crippen molar-refractivity contribution in [3.63, 3.8) is 0 Å². The van der Waals surface area contributed by atoms with E-state index in [1.54, 1.807) is 12.2 Å². The lowest BCUT2D eigenvalue weighted by Gasteiger charge is -2.22. The number of rotatable bonds is 1. The maximum atomic E-state index is 13.5. The van der Waals surface area contributed by atoms with Gasteiger partial charge in [-0.15, -0.1) is 10.2 Å². The molecule has 1 N–H and O–H groups in total. The molecule has 0 saturated heterocycles. The van der Waals surface area contributed by atoms with Crippen LogP contribution in [0.25, 0.3) is 11.6 Å². The van der Waals surface area contributed by atoms with Gasteiger partial charge < -0.3 is 14.4 Å². The van der Waals surface area contributed by atoms with Crippen LogP contribution in [0.4, 0.5) is 24.7 Å². The summed E-state index contributed by atoms with van der Waals surface area (Å²) >= 11 is 0. The Bertz CT molecular complexity index is 912. The molecule has 2 aromatic rings. The van der Waals surface area contributed by atoms with Crippen LogP contribution < -0.4 is 4.90 Å². The minimum atomic E-state index is -4.85. The Kier molecular flexibility index (Phi) is 5.31. The lowest BCUT2D eigenvalue weighted by molar-refractivity contribution is -0.384. The number of nitrogens with zero attached hydrogens (tertiary/aromatic N) is 5. The van der Waals surface area contributed by atoms with E-state index < -0.39 is 45.9 Å². The molecular formula is C16H16F3N5O4. The molecule has 0 aliphatic carbocycles. The van der Waals surface area contributed by atoms with Crippen molar-refractivity contribution >= 4 is 11.5 Å². The Morgan fingerprint density at radius 2 is 2.04 bits per heavy atom. The van der Waals surface area contributed by atoms with E-state index in [-0.39, 0.29) is 18.9 Å². The monoisotopic (exact) mass is 399 g/mol. The fourth-order valence-corrected chi connectivity index (χ4v) is 2.74. The van der Waals surface area contributed by atoms with Gasteiger partial charge in [-0.25, -0.2) is 4.98 Å². The first kappa shape index (κ1) is 19.7. The number of aromatic nitrogens is 3. The van der Waals surface area contributed by atoms with Crippen LogP contribution in [0.5, 0.6) is 0 Å². The molecule has 28 heavy (non-hydrogen) atoms. The molecule has 1 unspecified atom stereocenters. The van der Waals surface area contributed by atoms with Crippen molar-refractivity contribution in [2.45, 2.75) is 31.5 Å². The molecule has 12 heteroatoms. The molecule has 2 aromatic heterocycles. The number of aliphatic hydroxyl groups excluding tert-OH is 1. The van der Waals surface area contributed by atoms with E-state index in [4.69, 9.17) is 4.42 Å². The summed E-state index contributed by atoms with van der Waals surface area (Å²) in [6.45, 7) is 0.196. The highest BCUT2D eigenvalue weighted by molar-refractivity contribution is 5.68. The summed E-state index contributed by atoms with van der Waals surface area (Å²) in [6.07, 6.45) is -1.20. The summed E-state index contributed by atoms with van der Waals surface area (Å²) in [5.74, 6) is -1.11. The third kappa shape index (κ3) is 3.96. The Morgan fingerprint density at radius 3 is 2.71 bits per heavy atom. The van der Waals surface area contributed by atoms with Crippen molar-refractivity contribution < 1.29 is 27.6 Å². The topological polar surface area (TPSA) is 118 Å². The largest absolute Gasteiger partial charge is 0.420 e. The van der Waals surface area contributed by atoms with E-state index in [9.17, 15) is 28.4 Å². The highest BCUT2D eigenvalue weighted by atomic mass is 19.4. The van der Waals surface area contributed by atoms with Crippen molar-refractivity contribution in [2.75, 3.05) is 18.5 Å². The van der Waals surface area contributed by atoms with Gasteiger partial charge in [-0.3, -0.25) is 10.1 Å².